The molecule has 1 heterocycles. The maximum Gasteiger partial charge on any atom is 0.344 e. The smallest absolute Gasteiger partial charge is 0.344 e. The van der Waals surface area contributed by atoms with Crippen molar-refractivity contribution in [2.75, 3.05) is 6.61 Å². The third-order valence-corrected chi connectivity index (χ3v) is 5.07. The molecule has 0 spiro atoms. The number of rotatable bonds is 8. The summed E-state index contributed by atoms with van der Waals surface area (Å²) in [4.78, 5) is 40.3. The van der Waals surface area contributed by atoms with Crippen LogP contribution in [0, 0.1) is 10.1 Å². The van der Waals surface area contributed by atoms with Crippen molar-refractivity contribution in [3.05, 3.63) is 72.7 Å². The highest BCUT2D eigenvalue weighted by atomic mass is 79.9. The second-order valence-electron chi connectivity index (χ2n) is 7.95. The van der Waals surface area contributed by atoms with Crippen molar-refractivity contribution >= 4 is 44.7 Å². The van der Waals surface area contributed by atoms with Gasteiger partial charge in [0.05, 0.1) is 28.1 Å². The quantitative estimate of drug-likeness (QED) is 0.183. The number of fused-ring (bicyclic) bond motifs is 1. The lowest BCUT2D eigenvalue weighted by molar-refractivity contribution is -0.384. The predicted octanol–water partition coefficient (Wildman–Crippen LogP) is 4.40. The summed E-state index contributed by atoms with van der Waals surface area (Å²) in [6.07, 6.45) is 0.963. The number of nitrogens with zero attached hydrogens (tertiary/aromatic N) is 4. The third-order valence-electron chi connectivity index (χ3n) is 4.58. The average Bonchev–Trinajstić information content (AvgIpc) is 2.76. The van der Waals surface area contributed by atoms with E-state index in [0.29, 0.717) is 16.7 Å². The van der Waals surface area contributed by atoms with E-state index in [-0.39, 0.29) is 41.2 Å². The highest BCUT2D eigenvalue weighted by Gasteiger charge is 2.16. The summed E-state index contributed by atoms with van der Waals surface area (Å²) >= 11 is 3.36. The summed E-state index contributed by atoms with van der Waals surface area (Å²) in [7, 11) is 0. The van der Waals surface area contributed by atoms with E-state index in [1.54, 1.807) is 32.0 Å². The van der Waals surface area contributed by atoms with Crippen LogP contribution in [-0.2, 0) is 9.53 Å². The van der Waals surface area contributed by atoms with Gasteiger partial charge in [0.15, 0.2) is 6.61 Å². The van der Waals surface area contributed by atoms with E-state index in [1.165, 1.54) is 24.4 Å². The van der Waals surface area contributed by atoms with Crippen molar-refractivity contribution in [2.24, 2.45) is 5.10 Å². The van der Waals surface area contributed by atoms with Crippen molar-refractivity contribution in [3.8, 4) is 5.75 Å². The molecule has 11 heteroatoms. The molecule has 2 aromatic carbocycles. The standard InChI is InChI=1S/C23H23BrN4O6/c1-13(2)22-26-19-7-5-16(24)10-18(19)23(30)27(22)25-11-15-9-17(28(31)32)6-8-20(15)33-12-21(29)34-14(3)4/h5-11,13-14H,12H2,1-4H3. The normalized spacial score (nSPS) is 11.5. The van der Waals surface area contributed by atoms with Crippen LogP contribution in [0.4, 0.5) is 5.69 Å². The Morgan fingerprint density at radius 2 is 1.97 bits per heavy atom. The Bertz CT molecular complexity index is 1330. The maximum absolute atomic E-state index is 13.2. The molecule has 0 bridgehead atoms. The van der Waals surface area contributed by atoms with Crippen LogP contribution in [-0.4, -0.2) is 39.5 Å². The Kier molecular flexibility index (Phi) is 7.77. The van der Waals surface area contributed by atoms with Crippen LogP contribution in [0.2, 0.25) is 0 Å². The number of non-ortho nitro benzene ring substituents is 1. The molecule has 0 N–H and O–H groups in total. The van der Waals surface area contributed by atoms with E-state index in [2.05, 4.69) is 26.0 Å². The van der Waals surface area contributed by atoms with Crippen LogP contribution in [0.25, 0.3) is 10.9 Å². The number of carbonyl (C=O) groups excluding carboxylic acids is 1. The summed E-state index contributed by atoms with van der Waals surface area (Å²) in [5.41, 5.74) is 0.157. The molecule has 0 atom stereocenters. The second kappa shape index (κ2) is 10.6. The van der Waals surface area contributed by atoms with Gasteiger partial charge in [-0.2, -0.15) is 9.78 Å². The Balaban J connectivity index is 2.07. The lowest BCUT2D eigenvalue weighted by Crippen LogP contribution is -2.23. The lowest BCUT2D eigenvalue weighted by atomic mass is 10.2. The highest BCUT2D eigenvalue weighted by molar-refractivity contribution is 9.10. The molecule has 3 rings (SSSR count). The molecule has 10 nitrogen and oxygen atoms in total. The zero-order chi connectivity index (χ0) is 25.0. The summed E-state index contributed by atoms with van der Waals surface area (Å²) in [5.74, 6) is -0.126. The van der Waals surface area contributed by atoms with Gasteiger partial charge >= 0.3 is 5.97 Å². The number of aromatic nitrogens is 2. The third kappa shape index (κ3) is 5.84. The van der Waals surface area contributed by atoms with Crippen LogP contribution in [0.15, 0.2) is 50.8 Å². The second-order valence-corrected chi connectivity index (χ2v) is 8.87. The number of hydrogen-bond donors (Lipinski definition) is 0. The SMILES string of the molecule is CC(C)OC(=O)COc1ccc([N+](=O)[O-])cc1C=Nn1c(C(C)C)nc2ccc(Br)cc2c1=O. The number of halogens is 1. The first-order valence-corrected chi connectivity index (χ1v) is 11.2. The number of nitro groups is 1. The first kappa shape index (κ1) is 25.0. The van der Waals surface area contributed by atoms with E-state index in [1.807, 2.05) is 13.8 Å². The molecule has 0 saturated heterocycles. The molecule has 3 aromatic rings. The van der Waals surface area contributed by atoms with E-state index < -0.39 is 10.9 Å². The Morgan fingerprint density at radius 3 is 2.62 bits per heavy atom. The monoisotopic (exact) mass is 530 g/mol. The molecule has 0 aliphatic carbocycles. The summed E-state index contributed by atoms with van der Waals surface area (Å²) in [6, 6.07) is 9.05. The van der Waals surface area contributed by atoms with Crippen LogP contribution >= 0.6 is 15.9 Å². The first-order chi connectivity index (χ1) is 16.1. The van der Waals surface area contributed by atoms with Crippen LogP contribution in [0.1, 0.15) is 45.0 Å². The minimum Gasteiger partial charge on any atom is -0.481 e. The van der Waals surface area contributed by atoms with Gasteiger partial charge in [-0.1, -0.05) is 29.8 Å². The Morgan fingerprint density at radius 1 is 1.24 bits per heavy atom. The van der Waals surface area contributed by atoms with E-state index in [9.17, 15) is 19.7 Å². The van der Waals surface area contributed by atoms with E-state index >= 15 is 0 Å². The van der Waals surface area contributed by atoms with Crippen molar-refractivity contribution in [2.45, 2.75) is 39.7 Å². The molecular weight excluding hydrogens is 508 g/mol. The summed E-state index contributed by atoms with van der Waals surface area (Å²) in [6.45, 7) is 6.78. The number of hydrogen-bond acceptors (Lipinski definition) is 8. The molecule has 0 radical (unpaired) electrons. The van der Waals surface area contributed by atoms with Crippen LogP contribution < -0.4 is 10.3 Å². The van der Waals surface area contributed by atoms with E-state index in [4.69, 9.17) is 9.47 Å². The lowest BCUT2D eigenvalue weighted by Gasteiger charge is -2.13. The van der Waals surface area contributed by atoms with Crippen molar-refractivity contribution < 1.29 is 19.2 Å². The van der Waals surface area contributed by atoms with Gasteiger partial charge in [-0.15, -0.1) is 0 Å². The summed E-state index contributed by atoms with van der Waals surface area (Å²) < 4.78 is 12.4. The average molecular weight is 531 g/mol. The zero-order valence-corrected chi connectivity index (χ0v) is 20.6. The number of carbonyl (C=O) groups is 1. The molecule has 0 unspecified atom stereocenters. The Hall–Kier alpha value is -3.60. The molecule has 0 aliphatic rings. The van der Waals surface area contributed by atoms with Gasteiger partial charge in [0.25, 0.3) is 11.2 Å². The number of esters is 1. The largest absolute Gasteiger partial charge is 0.481 e. The van der Waals surface area contributed by atoms with Gasteiger partial charge in [-0.05, 0) is 38.1 Å². The van der Waals surface area contributed by atoms with Crippen molar-refractivity contribution in [1.29, 1.82) is 0 Å². The van der Waals surface area contributed by atoms with Gasteiger partial charge in [0, 0.05) is 28.1 Å². The van der Waals surface area contributed by atoms with Crippen molar-refractivity contribution in [3.63, 3.8) is 0 Å². The number of nitro benzene ring substituents is 1. The predicted molar refractivity (Wildman–Crippen MR) is 131 cm³/mol. The molecule has 0 fully saturated rings. The topological polar surface area (TPSA) is 126 Å². The molecule has 0 amide bonds. The molecule has 0 saturated carbocycles. The minimum atomic E-state index is -0.584. The summed E-state index contributed by atoms with van der Waals surface area (Å²) in [5, 5.41) is 15.9. The molecule has 34 heavy (non-hydrogen) atoms. The molecule has 1 aromatic heterocycles. The molecule has 0 aliphatic heterocycles. The zero-order valence-electron chi connectivity index (χ0n) is 19.0. The van der Waals surface area contributed by atoms with Gasteiger partial charge in [0.2, 0.25) is 0 Å². The van der Waals surface area contributed by atoms with Crippen molar-refractivity contribution in [1.82, 2.24) is 9.66 Å². The van der Waals surface area contributed by atoms with Gasteiger partial charge < -0.3 is 9.47 Å². The van der Waals surface area contributed by atoms with E-state index in [0.717, 1.165) is 9.15 Å². The van der Waals surface area contributed by atoms with Gasteiger partial charge in [-0.25, -0.2) is 9.78 Å². The van der Waals surface area contributed by atoms with Crippen LogP contribution in [0.5, 0.6) is 5.75 Å². The molecular formula is C23H23BrN4O6. The number of ether oxygens (including phenoxy) is 2. The fourth-order valence-corrected chi connectivity index (χ4v) is 3.45. The number of benzene rings is 2. The van der Waals surface area contributed by atoms with Gasteiger partial charge in [0.1, 0.15) is 11.6 Å². The van der Waals surface area contributed by atoms with Gasteiger partial charge in [-0.3, -0.25) is 14.9 Å². The Labute approximate surface area is 203 Å². The first-order valence-electron chi connectivity index (χ1n) is 10.4. The maximum atomic E-state index is 13.2. The highest BCUT2D eigenvalue weighted by Crippen LogP contribution is 2.24. The fourth-order valence-electron chi connectivity index (χ4n) is 3.09. The molecule has 178 valence electrons. The fraction of sp³-hybridized carbons (Fsp3) is 0.304. The minimum absolute atomic E-state index is 0.135. The van der Waals surface area contributed by atoms with Crippen LogP contribution in [0.3, 0.4) is 0 Å².